The van der Waals surface area contributed by atoms with Crippen LogP contribution in [-0.4, -0.2) is 42.2 Å². The molecule has 1 aliphatic heterocycles. The lowest BCUT2D eigenvalue weighted by Crippen LogP contribution is -2.45. The van der Waals surface area contributed by atoms with Gasteiger partial charge < -0.3 is 19.9 Å². The molecule has 0 spiro atoms. The largest absolute Gasteiger partial charge is 0.378 e. The lowest BCUT2D eigenvalue weighted by Gasteiger charge is -2.26. The summed E-state index contributed by atoms with van der Waals surface area (Å²) < 4.78 is 5.22. The maximum Gasteiger partial charge on any atom is 0.317 e. The van der Waals surface area contributed by atoms with Crippen molar-refractivity contribution in [3.8, 4) is 0 Å². The van der Waals surface area contributed by atoms with E-state index in [1.807, 2.05) is 18.2 Å². The van der Waals surface area contributed by atoms with E-state index in [0.29, 0.717) is 32.8 Å². The van der Waals surface area contributed by atoms with Crippen LogP contribution in [0.3, 0.4) is 0 Å². The zero-order chi connectivity index (χ0) is 13.1. The Morgan fingerprint density at radius 2 is 2.11 bits per heavy atom. The first-order valence-electron chi connectivity index (χ1n) is 6.50. The van der Waals surface area contributed by atoms with Crippen molar-refractivity contribution in [2.24, 2.45) is 0 Å². The number of morpholine rings is 1. The van der Waals surface area contributed by atoms with E-state index in [1.165, 1.54) is 0 Å². The molecule has 1 saturated heterocycles. The number of nitrogens with one attached hydrogen (secondary N) is 2. The topological polar surface area (TPSA) is 57.4 Å². The first kappa shape index (κ1) is 12.0. The van der Waals surface area contributed by atoms with Gasteiger partial charge in [0, 0.05) is 24.3 Å². The number of rotatable bonds is 2. The Labute approximate surface area is 111 Å². The van der Waals surface area contributed by atoms with Crippen LogP contribution in [-0.2, 0) is 11.3 Å². The summed E-state index contributed by atoms with van der Waals surface area (Å²) in [6.45, 7) is 3.10. The van der Waals surface area contributed by atoms with Gasteiger partial charge in [0.25, 0.3) is 0 Å². The maximum absolute atomic E-state index is 11.9. The second-order valence-corrected chi connectivity index (χ2v) is 4.64. The van der Waals surface area contributed by atoms with Gasteiger partial charge in [0.1, 0.15) is 0 Å². The van der Waals surface area contributed by atoms with E-state index in [4.69, 9.17) is 4.74 Å². The highest BCUT2D eigenvalue weighted by atomic mass is 16.5. The van der Waals surface area contributed by atoms with E-state index >= 15 is 0 Å². The Balaban J connectivity index is 1.60. The number of carbonyl (C=O) groups is 1. The van der Waals surface area contributed by atoms with Crippen molar-refractivity contribution in [2.75, 3.05) is 26.3 Å². The minimum Gasteiger partial charge on any atom is -0.378 e. The van der Waals surface area contributed by atoms with Crippen LogP contribution >= 0.6 is 0 Å². The quantitative estimate of drug-likeness (QED) is 0.862. The molecule has 1 aromatic heterocycles. The normalized spacial score (nSPS) is 15.7. The Morgan fingerprint density at radius 1 is 1.32 bits per heavy atom. The molecule has 100 valence electrons. The number of amides is 2. The highest BCUT2D eigenvalue weighted by molar-refractivity contribution is 5.80. The summed E-state index contributed by atoms with van der Waals surface area (Å²) in [6, 6.07) is 10.1. The molecule has 5 nitrogen and oxygen atoms in total. The summed E-state index contributed by atoms with van der Waals surface area (Å²) in [5.74, 6) is 0. The second-order valence-electron chi connectivity index (χ2n) is 4.64. The number of fused-ring (bicyclic) bond motifs is 1. The first-order valence-corrected chi connectivity index (χ1v) is 6.50. The van der Waals surface area contributed by atoms with Gasteiger partial charge in [-0.3, -0.25) is 0 Å². The van der Waals surface area contributed by atoms with Gasteiger partial charge in [0.2, 0.25) is 0 Å². The van der Waals surface area contributed by atoms with Crippen LogP contribution in [0.1, 0.15) is 5.69 Å². The zero-order valence-electron chi connectivity index (χ0n) is 10.7. The molecule has 1 fully saturated rings. The van der Waals surface area contributed by atoms with Crippen molar-refractivity contribution in [1.29, 1.82) is 0 Å². The minimum atomic E-state index is -0.0260. The van der Waals surface area contributed by atoms with Crippen LogP contribution in [0.5, 0.6) is 0 Å². The predicted octanol–water partition coefficient (Wildman–Crippen LogP) is 1.71. The van der Waals surface area contributed by atoms with Crippen LogP contribution < -0.4 is 5.32 Å². The first-order chi connectivity index (χ1) is 9.33. The summed E-state index contributed by atoms with van der Waals surface area (Å²) in [6.07, 6.45) is 0. The number of urea groups is 1. The highest BCUT2D eigenvalue weighted by Gasteiger charge is 2.16. The minimum absolute atomic E-state index is 0.0260. The van der Waals surface area contributed by atoms with Gasteiger partial charge in [-0.1, -0.05) is 18.2 Å². The SMILES string of the molecule is O=C(NCc1cc2ccccc2[nH]1)N1CCOCC1. The number of aromatic nitrogens is 1. The Bertz CT molecular complexity index is 540. The average Bonchev–Trinajstić information content (AvgIpc) is 2.88. The van der Waals surface area contributed by atoms with E-state index in [0.717, 1.165) is 16.6 Å². The van der Waals surface area contributed by atoms with E-state index in [-0.39, 0.29) is 6.03 Å². The molecule has 19 heavy (non-hydrogen) atoms. The molecule has 5 heteroatoms. The van der Waals surface area contributed by atoms with Crippen LogP contribution in [0.25, 0.3) is 10.9 Å². The predicted molar refractivity (Wildman–Crippen MR) is 72.9 cm³/mol. The van der Waals surface area contributed by atoms with Crippen molar-refractivity contribution in [2.45, 2.75) is 6.54 Å². The molecule has 3 rings (SSSR count). The zero-order valence-corrected chi connectivity index (χ0v) is 10.7. The maximum atomic E-state index is 11.9. The summed E-state index contributed by atoms with van der Waals surface area (Å²) >= 11 is 0. The fourth-order valence-electron chi connectivity index (χ4n) is 2.28. The summed E-state index contributed by atoms with van der Waals surface area (Å²) in [4.78, 5) is 17.0. The van der Waals surface area contributed by atoms with Crippen LogP contribution in [0, 0.1) is 0 Å². The molecule has 0 bridgehead atoms. The molecule has 2 aromatic rings. The molecule has 2 amide bonds. The number of benzene rings is 1. The number of aromatic amines is 1. The molecular weight excluding hydrogens is 242 g/mol. The molecule has 1 aliphatic rings. The number of ether oxygens (including phenoxy) is 1. The van der Waals surface area contributed by atoms with Crippen molar-refractivity contribution < 1.29 is 9.53 Å². The van der Waals surface area contributed by atoms with Gasteiger partial charge >= 0.3 is 6.03 Å². The van der Waals surface area contributed by atoms with Gasteiger partial charge in [0.05, 0.1) is 19.8 Å². The lowest BCUT2D eigenvalue weighted by molar-refractivity contribution is 0.0531. The smallest absolute Gasteiger partial charge is 0.317 e. The number of para-hydroxylation sites is 1. The van der Waals surface area contributed by atoms with Crippen molar-refractivity contribution in [3.05, 3.63) is 36.0 Å². The third-order valence-corrected chi connectivity index (χ3v) is 3.31. The molecule has 2 heterocycles. The summed E-state index contributed by atoms with van der Waals surface area (Å²) in [5, 5.41) is 4.09. The van der Waals surface area contributed by atoms with Crippen LogP contribution in [0.2, 0.25) is 0 Å². The fraction of sp³-hybridized carbons (Fsp3) is 0.357. The van der Waals surface area contributed by atoms with Gasteiger partial charge in [-0.2, -0.15) is 0 Å². The third kappa shape index (κ3) is 2.71. The van der Waals surface area contributed by atoms with Crippen molar-refractivity contribution >= 4 is 16.9 Å². The van der Waals surface area contributed by atoms with E-state index < -0.39 is 0 Å². The van der Waals surface area contributed by atoms with Crippen molar-refractivity contribution in [1.82, 2.24) is 15.2 Å². The number of carbonyl (C=O) groups excluding carboxylic acids is 1. The van der Waals surface area contributed by atoms with E-state index in [1.54, 1.807) is 4.90 Å². The lowest BCUT2D eigenvalue weighted by atomic mass is 10.2. The number of hydrogen-bond acceptors (Lipinski definition) is 2. The Hall–Kier alpha value is -2.01. The molecule has 0 unspecified atom stereocenters. The van der Waals surface area contributed by atoms with Gasteiger partial charge in [-0.15, -0.1) is 0 Å². The standard InChI is InChI=1S/C14H17N3O2/c18-14(17-5-7-19-8-6-17)15-10-12-9-11-3-1-2-4-13(11)16-12/h1-4,9,16H,5-8,10H2,(H,15,18). The molecule has 2 N–H and O–H groups in total. The second kappa shape index (κ2) is 5.32. The van der Waals surface area contributed by atoms with Gasteiger partial charge in [-0.25, -0.2) is 4.79 Å². The Morgan fingerprint density at radius 3 is 2.89 bits per heavy atom. The van der Waals surface area contributed by atoms with E-state index in [2.05, 4.69) is 22.4 Å². The molecule has 0 radical (unpaired) electrons. The number of nitrogens with zero attached hydrogens (tertiary/aromatic N) is 1. The van der Waals surface area contributed by atoms with Gasteiger partial charge in [0.15, 0.2) is 0 Å². The van der Waals surface area contributed by atoms with E-state index in [9.17, 15) is 4.79 Å². The fourth-order valence-corrected chi connectivity index (χ4v) is 2.28. The summed E-state index contributed by atoms with van der Waals surface area (Å²) in [5.41, 5.74) is 2.11. The molecule has 0 saturated carbocycles. The van der Waals surface area contributed by atoms with Gasteiger partial charge in [-0.05, 0) is 17.5 Å². The molecular formula is C14H17N3O2. The number of H-pyrrole nitrogens is 1. The molecule has 0 aliphatic carbocycles. The third-order valence-electron chi connectivity index (χ3n) is 3.31. The van der Waals surface area contributed by atoms with Crippen LogP contribution in [0.4, 0.5) is 4.79 Å². The van der Waals surface area contributed by atoms with Crippen LogP contribution in [0.15, 0.2) is 30.3 Å². The van der Waals surface area contributed by atoms with Crippen molar-refractivity contribution in [3.63, 3.8) is 0 Å². The summed E-state index contributed by atoms with van der Waals surface area (Å²) in [7, 11) is 0. The molecule has 0 atom stereocenters. The molecule has 1 aromatic carbocycles. The monoisotopic (exact) mass is 259 g/mol. The number of hydrogen-bond donors (Lipinski definition) is 2. The Kier molecular flexibility index (Phi) is 3.37. The highest BCUT2D eigenvalue weighted by Crippen LogP contribution is 2.14. The average molecular weight is 259 g/mol.